The van der Waals surface area contributed by atoms with Crippen molar-refractivity contribution in [1.29, 1.82) is 0 Å². The second kappa shape index (κ2) is 2.44. The first-order chi connectivity index (χ1) is 5.29. The zero-order valence-electron chi connectivity index (χ0n) is 6.17. The SMILES string of the molecule is O=C1CNC(=S)N1C1CCC1. The van der Waals surface area contributed by atoms with Crippen LogP contribution in [0.2, 0.25) is 0 Å². The zero-order chi connectivity index (χ0) is 7.84. The highest BCUT2D eigenvalue weighted by molar-refractivity contribution is 7.80. The van der Waals surface area contributed by atoms with Crippen molar-refractivity contribution in [3.05, 3.63) is 0 Å². The maximum Gasteiger partial charge on any atom is 0.248 e. The molecular formula is C7H10N2OS. The van der Waals surface area contributed by atoms with E-state index in [-0.39, 0.29) is 5.91 Å². The number of hydrogen-bond donors (Lipinski definition) is 1. The molecule has 60 valence electrons. The van der Waals surface area contributed by atoms with Crippen LogP contribution in [0.15, 0.2) is 0 Å². The molecule has 0 unspecified atom stereocenters. The van der Waals surface area contributed by atoms with Crippen LogP contribution in [0.4, 0.5) is 0 Å². The number of carbonyl (C=O) groups excluding carboxylic acids is 1. The lowest BCUT2D eigenvalue weighted by Crippen LogP contribution is -2.44. The van der Waals surface area contributed by atoms with Crippen molar-refractivity contribution in [3.63, 3.8) is 0 Å². The van der Waals surface area contributed by atoms with E-state index < -0.39 is 0 Å². The van der Waals surface area contributed by atoms with E-state index >= 15 is 0 Å². The third-order valence-corrected chi connectivity index (χ3v) is 2.66. The van der Waals surface area contributed by atoms with Gasteiger partial charge in [-0.1, -0.05) is 0 Å². The van der Waals surface area contributed by atoms with E-state index in [1.807, 2.05) is 0 Å². The minimum atomic E-state index is 0.139. The quantitative estimate of drug-likeness (QED) is 0.573. The summed E-state index contributed by atoms with van der Waals surface area (Å²) in [7, 11) is 0. The van der Waals surface area contributed by atoms with Gasteiger partial charge < -0.3 is 5.32 Å². The van der Waals surface area contributed by atoms with Crippen molar-refractivity contribution in [2.24, 2.45) is 0 Å². The maximum absolute atomic E-state index is 11.2. The van der Waals surface area contributed by atoms with Crippen LogP contribution in [0.5, 0.6) is 0 Å². The molecule has 2 rings (SSSR count). The second-order valence-corrected chi connectivity index (χ2v) is 3.39. The Kier molecular flexibility index (Phi) is 1.56. The van der Waals surface area contributed by atoms with Gasteiger partial charge in [0.2, 0.25) is 5.91 Å². The van der Waals surface area contributed by atoms with Gasteiger partial charge in [0, 0.05) is 6.04 Å². The van der Waals surface area contributed by atoms with Crippen molar-refractivity contribution < 1.29 is 4.79 Å². The molecule has 1 aliphatic carbocycles. The smallest absolute Gasteiger partial charge is 0.248 e. The van der Waals surface area contributed by atoms with Gasteiger partial charge in [-0.25, -0.2) is 0 Å². The van der Waals surface area contributed by atoms with Gasteiger partial charge in [-0.15, -0.1) is 0 Å². The summed E-state index contributed by atoms with van der Waals surface area (Å²) in [5, 5.41) is 3.50. The van der Waals surface area contributed by atoms with E-state index in [0.717, 1.165) is 12.8 Å². The molecule has 1 saturated carbocycles. The number of hydrogen-bond acceptors (Lipinski definition) is 2. The van der Waals surface area contributed by atoms with Crippen LogP contribution in [0.3, 0.4) is 0 Å². The van der Waals surface area contributed by atoms with E-state index in [1.165, 1.54) is 6.42 Å². The molecular weight excluding hydrogens is 160 g/mol. The van der Waals surface area contributed by atoms with Gasteiger partial charge in [0.05, 0.1) is 6.54 Å². The molecule has 1 saturated heterocycles. The van der Waals surface area contributed by atoms with Crippen molar-refractivity contribution in [3.8, 4) is 0 Å². The molecule has 1 N–H and O–H groups in total. The Morgan fingerprint density at radius 3 is 2.64 bits per heavy atom. The number of amides is 1. The van der Waals surface area contributed by atoms with Gasteiger partial charge in [-0.3, -0.25) is 9.69 Å². The van der Waals surface area contributed by atoms with Crippen LogP contribution < -0.4 is 5.32 Å². The lowest BCUT2D eigenvalue weighted by Gasteiger charge is -2.33. The molecule has 0 aromatic carbocycles. The molecule has 4 heteroatoms. The van der Waals surface area contributed by atoms with Crippen molar-refractivity contribution >= 4 is 23.2 Å². The molecule has 11 heavy (non-hydrogen) atoms. The van der Waals surface area contributed by atoms with Gasteiger partial charge >= 0.3 is 0 Å². The fourth-order valence-electron chi connectivity index (χ4n) is 1.45. The summed E-state index contributed by atoms with van der Waals surface area (Å²) in [5.41, 5.74) is 0. The molecule has 1 amide bonds. The standard InChI is InChI=1S/C7H10N2OS/c10-6-4-8-7(11)9(6)5-2-1-3-5/h5H,1-4H2,(H,8,11). The Balaban J connectivity index is 2.09. The van der Waals surface area contributed by atoms with Gasteiger partial charge in [0.1, 0.15) is 0 Å². The fraction of sp³-hybridized carbons (Fsp3) is 0.714. The van der Waals surface area contributed by atoms with Gasteiger partial charge in [-0.05, 0) is 31.5 Å². The maximum atomic E-state index is 11.2. The van der Waals surface area contributed by atoms with E-state index in [2.05, 4.69) is 5.32 Å². The monoisotopic (exact) mass is 170 g/mol. The third kappa shape index (κ3) is 1.01. The lowest BCUT2D eigenvalue weighted by molar-refractivity contribution is -0.127. The van der Waals surface area contributed by atoms with Crippen LogP contribution in [0.25, 0.3) is 0 Å². The molecule has 0 radical (unpaired) electrons. The molecule has 3 nitrogen and oxygen atoms in total. The van der Waals surface area contributed by atoms with E-state index in [1.54, 1.807) is 4.90 Å². The molecule has 0 spiro atoms. The zero-order valence-corrected chi connectivity index (χ0v) is 6.99. The van der Waals surface area contributed by atoms with Crippen LogP contribution in [0.1, 0.15) is 19.3 Å². The average Bonchev–Trinajstić information content (AvgIpc) is 2.15. The van der Waals surface area contributed by atoms with Gasteiger partial charge in [0.15, 0.2) is 5.11 Å². The number of carbonyl (C=O) groups is 1. The van der Waals surface area contributed by atoms with Crippen molar-refractivity contribution in [2.75, 3.05) is 6.54 Å². The Morgan fingerprint density at radius 2 is 2.27 bits per heavy atom. The highest BCUT2D eigenvalue weighted by atomic mass is 32.1. The predicted octanol–water partition coefficient (Wildman–Crippen LogP) is 0.256. The Labute approximate surface area is 70.7 Å². The minimum Gasteiger partial charge on any atom is -0.353 e. The normalized spacial score (nSPS) is 25.3. The van der Waals surface area contributed by atoms with E-state index in [0.29, 0.717) is 17.7 Å². The first-order valence-electron chi connectivity index (χ1n) is 3.89. The van der Waals surface area contributed by atoms with Crippen LogP contribution >= 0.6 is 12.2 Å². The molecule has 2 aliphatic rings. The number of rotatable bonds is 1. The summed E-state index contributed by atoms with van der Waals surface area (Å²) >= 11 is 4.99. The highest BCUT2D eigenvalue weighted by Gasteiger charge is 2.35. The summed E-state index contributed by atoms with van der Waals surface area (Å²) in [6.07, 6.45) is 3.47. The van der Waals surface area contributed by atoms with E-state index in [4.69, 9.17) is 12.2 Å². The minimum absolute atomic E-state index is 0.139. The summed E-state index contributed by atoms with van der Waals surface area (Å²) < 4.78 is 0. The summed E-state index contributed by atoms with van der Waals surface area (Å²) in [5.74, 6) is 0.139. The lowest BCUT2D eigenvalue weighted by atomic mass is 9.92. The molecule has 2 fully saturated rings. The first kappa shape index (κ1) is 7.03. The summed E-state index contributed by atoms with van der Waals surface area (Å²) in [6.45, 7) is 0.398. The van der Waals surface area contributed by atoms with Crippen LogP contribution in [-0.4, -0.2) is 28.5 Å². The fourth-order valence-corrected chi connectivity index (χ4v) is 1.77. The van der Waals surface area contributed by atoms with Gasteiger partial charge in [-0.2, -0.15) is 0 Å². The Morgan fingerprint density at radius 1 is 1.55 bits per heavy atom. The summed E-state index contributed by atoms with van der Waals surface area (Å²) in [4.78, 5) is 12.9. The Bertz CT molecular complexity index is 196. The predicted molar refractivity (Wildman–Crippen MR) is 45.1 cm³/mol. The van der Waals surface area contributed by atoms with Gasteiger partial charge in [0.25, 0.3) is 0 Å². The second-order valence-electron chi connectivity index (χ2n) is 3.01. The summed E-state index contributed by atoms with van der Waals surface area (Å²) in [6, 6.07) is 0.407. The molecule has 0 aromatic heterocycles. The van der Waals surface area contributed by atoms with E-state index in [9.17, 15) is 4.79 Å². The molecule has 1 heterocycles. The number of thiocarbonyl (C=S) groups is 1. The highest BCUT2D eigenvalue weighted by Crippen LogP contribution is 2.26. The van der Waals surface area contributed by atoms with Crippen molar-refractivity contribution in [1.82, 2.24) is 10.2 Å². The van der Waals surface area contributed by atoms with Crippen LogP contribution in [0, 0.1) is 0 Å². The molecule has 0 aromatic rings. The third-order valence-electron chi connectivity index (χ3n) is 2.32. The molecule has 1 aliphatic heterocycles. The largest absolute Gasteiger partial charge is 0.353 e. The first-order valence-corrected chi connectivity index (χ1v) is 4.30. The number of nitrogens with zero attached hydrogens (tertiary/aromatic N) is 1. The van der Waals surface area contributed by atoms with Crippen LogP contribution in [-0.2, 0) is 4.79 Å². The number of nitrogens with one attached hydrogen (secondary N) is 1. The Hall–Kier alpha value is -0.640. The average molecular weight is 170 g/mol. The molecule has 0 atom stereocenters. The topological polar surface area (TPSA) is 32.3 Å². The van der Waals surface area contributed by atoms with Crippen molar-refractivity contribution in [2.45, 2.75) is 25.3 Å². The molecule has 0 bridgehead atoms.